The summed E-state index contributed by atoms with van der Waals surface area (Å²) in [5.74, 6) is -0.105. The van der Waals surface area contributed by atoms with Gasteiger partial charge in [0.1, 0.15) is 6.04 Å². The molecule has 2 atom stereocenters. The summed E-state index contributed by atoms with van der Waals surface area (Å²) in [6, 6.07) is 12.8. The van der Waals surface area contributed by atoms with Gasteiger partial charge in [-0.2, -0.15) is 0 Å². The van der Waals surface area contributed by atoms with Gasteiger partial charge in [-0.15, -0.1) is 0 Å². The highest BCUT2D eigenvalue weighted by Crippen LogP contribution is 2.28. The number of carbonyl (C=O) groups excluding carboxylic acids is 1. The Kier molecular flexibility index (Phi) is 4.87. The molecule has 0 saturated carbocycles. The Hall–Kier alpha value is -1.59. The summed E-state index contributed by atoms with van der Waals surface area (Å²) in [5, 5.41) is 4.21. The third-order valence-electron chi connectivity index (χ3n) is 3.94. The second-order valence-electron chi connectivity index (χ2n) is 5.60. The van der Waals surface area contributed by atoms with Gasteiger partial charge in [-0.25, -0.2) is 10.9 Å². The van der Waals surface area contributed by atoms with Crippen LogP contribution in [0.5, 0.6) is 0 Å². The van der Waals surface area contributed by atoms with Crippen molar-refractivity contribution in [2.45, 2.75) is 25.4 Å². The molecule has 2 aromatic rings. The van der Waals surface area contributed by atoms with Crippen LogP contribution in [0.3, 0.4) is 0 Å². The molecule has 4 nitrogen and oxygen atoms in total. The molecule has 0 aliphatic carbocycles. The van der Waals surface area contributed by atoms with Crippen LogP contribution >= 0.6 is 23.2 Å². The number of carbonyl (C=O) groups is 1. The number of anilines is 1. The van der Waals surface area contributed by atoms with Crippen molar-refractivity contribution in [3.8, 4) is 0 Å². The molecule has 6 heteroatoms. The molecule has 0 bridgehead atoms. The Labute approximate surface area is 145 Å². The van der Waals surface area contributed by atoms with E-state index in [9.17, 15) is 4.79 Å². The van der Waals surface area contributed by atoms with Gasteiger partial charge in [0.25, 0.3) is 0 Å². The van der Waals surface area contributed by atoms with Crippen LogP contribution in [0.4, 0.5) is 5.69 Å². The maximum atomic E-state index is 12.4. The zero-order chi connectivity index (χ0) is 16.4. The van der Waals surface area contributed by atoms with E-state index in [2.05, 4.69) is 16.2 Å². The number of halogens is 2. The van der Waals surface area contributed by atoms with Gasteiger partial charge >= 0.3 is 0 Å². The molecule has 3 rings (SSSR count). The summed E-state index contributed by atoms with van der Waals surface area (Å²) in [5.41, 5.74) is 8.80. The van der Waals surface area contributed by atoms with E-state index in [-0.39, 0.29) is 18.0 Å². The first-order valence-corrected chi connectivity index (χ1v) is 8.12. The maximum Gasteiger partial charge on any atom is 0.242 e. The Morgan fingerprint density at radius 3 is 2.65 bits per heavy atom. The lowest BCUT2D eigenvalue weighted by atomic mass is 10.0. The number of benzene rings is 2. The number of hydrazine groups is 1. The summed E-state index contributed by atoms with van der Waals surface area (Å²) in [4.78, 5) is 12.4. The van der Waals surface area contributed by atoms with Crippen LogP contribution in [0.2, 0.25) is 10.0 Å². The second-order valence-corrected chi connectivity index (χ2v) is 6.42. The minimum absolute atomic E-state index is 0.000978. The van der Waals surface area contributed by atoms with Crippen molar-refractivity contribution in [1.82, 2.24) is 10.9 Å². The van der Waals surface area contributed by atoms with Crippen LogP contribution in [0, 0.1) is 6.92 Å². The SMILES string of the molecule is Cc1ccc(NC(=O)C2CC(c3ccccc3Cl)NN2)cc1Cl. The van der Waals surface area contributed by atoms with Crippen molar-refractivity contribution in [2.75, 3.05) is 5.32 Å². The molecule has 1 amide bonds. The lowest BCUT2D eigenvalue weighted by molar-refractivity contribution is -0.117. The van der Waals surface area contributed by atoms with Crippen LogP contribution in [-0.2, 0) is 4.79 Å². The van der Waals surface area contributed by atoms with Gasteiger partial charge in [-0.1, -0.05) is 47.5 Å². The molecule has 1 aliphatic heterocycles. The number of hydrogen-bond acceptors (Lipinski definition) is 3. The highest BCUT2D eigenvalue weighted by molar-refractivity contribution is 6.31. The van der Waals surface area contributed by atoms with Crippen LogP contribution in [-0.4, -0.2) is 11.9 Å². The van der Waals surface area contributed by atoms with Crippen molar-refractivity contribution in [2.24, 2.45) is 0 Å². The lowest BCUT2D eigenvalue weighted by Crippen LogP contribution is -2.39. The predicted molar refractivity (Wildman–Crippen MR) is 93.7 cm³/mol. The van der Waals surface area contributed by atoms with Crippen LogP contribution < -0.4 is 16.2 Å². The van der Waals surface area contributed by atoms with Gasteiger partial charge in [0.15, 0.2) is 0 Å². The van der Waals surface area contributed by atoms with Gasteiger partial charge in [-0.05, 0) is 42.7 Å². The first-order valence-electron chi connectivity index (χ1n) is 7.37. The second kappa shape index (κ2) is 6.89. The molecule has 23 heavy (non-hydrogen) atoms. The zero-order valence-electron chi connectivity index (χ0n) is 12.6. The molecule has 2 unspecified atom stereocenters. The molecule has 1 fully saturated rings. The molecule has 2 aromatic carbocycles. The Balaban J connectivity index is 1.65. The monoisotopic (exact) mass is 349 g/mol. The van der Waals surface area contributed by atoms with E-state index >= 15 is 0 Å². The quantitative estimate of drug-likeness (QED) is 0.788. The zero-order valence-corrected chi connectivity index (χ0v) is 14.1. The number of nitrogens with one attached hydrogen (secondary N) is 3. The van der Waals surface area contributed by atoms with Crippen molar-refractivity contribution >= 4 is 34.8 Å². The molecule has 3 N–H and O–H groups in total. The van der Waals surface area contributed by atoms with E-state index in [1.54, 1.807) is 6.07 Å². The molecular weight excluding hydrogens is 333 g/mol. The highest BCUT2D eigenvalue weighted by atomic mass is 35.5. The molecule has 1 aliphatic rings. The average molecular weight is 350 g/mol. The minimum atomic E-state index is -0.337. The van der Waals surface area contributed by atoms with Gasteiger partial charge < -0.3 is 5.32 Å². The summed E-state index contributed by atoms with van der Waals surface area (Å²) in [6.45, 7) is 1.92. The molecule has 120 valence electrons. The van der Waals surface area contributed by atoms with Gasteiger partial charge in [0.2, 0.25) is 5.91 Å². The Morgan fingerprint density at radius 1 is 1.13 bits per heavy atom. The number of aryl methyl sites for hydroxylation is 1. The third kappa shape index (κ3) is 3.67. The first-order chi connectivity index (χ1) is 11.0. The molecule has 0 spiro atoms. The minimum Gasteiger partial charge on any atom is -0.325 e. The third-order valence-corrected chi connectivity index (χ3v) is 4.69. The van der Waals surface area contributed by atoms with Crippen molar-refractivity contribution in [3.63, 3.8) is 0 Å². The van der Waals surface area contributed by atoms with E-state index in [4.69, 9.17) is 23.2 Å². The van der Waals surface area contributed by atoms with E-state index in [0.29, 0.717) is 22.2 Å². The number of rotatable bonds is 3. The van der Waals surface area contributed by atoms with E-state index in [1.165, 1.54) is 0 Å². The maximum absolute atomic E-state index is 12.4. The predicted octanol–water partition coefficient (Wildman–Crippen LogP) is 3.85. The lowest BCUT2D eigenvalue weighted by Gasteiger charge is -2.12. The van der Waals surface area contributed by atoms with Crippen LogP contribution in [0.25, 0.3) is 0 Å². The van der Waals surface area contributed by atoms with Gasteiger partial charge in [-0.3, -0.25) is 4.79 Å². The fourth-order valence-electron chi connectivity index (χ4n) is 2.59. The molecular formula is C17H17Cl2N3O. The smallest absolute Gasteiger partial charge is 0.242 e. The topological polar surface area (TPSA) is 53.2 Å². The summed E-state index contributed by atoms with van der Waals surface area (Å²) in [6.07, 6.45) is 0.620. The summed E-state index contributed by atoms with van der Waals surface area (Å²) < 4.78 is 0. The first kappa shape index (κ1) is 16.3. The molecule has 1 heterocycles. The van der Waals surface area contributed by atoms with Crippen LogP contribution in [0.15, 0.2) is 42.5 Å². The van der Waals surface area contributed by atoms with Crippen LogP contribution in [0.1, 0.15) is 23.6 Å². The normalized spacial score (nSPS) is 20.5. The Morgan fingerprint density at radius 2 is 1.91 bits per heavy atom. The highest BCUT2D eigenvalue weighted by Gasteiger charge is 2.31. The molecule has 1 saturated heterocycles. The number of hydrogen-bond donors (Lipinski definition) is 3. The largest absolute Gasteiger partial charge is 0.325 e. The summed E-state index contributed by atoms with van der Waals surface area (Å²) in [7, 11) is 0. The van der Waals surface area contributed by atoms with E-state index in [1.807, 2.05) is 43.3 Å². The Bertz CT molecular complexity index is 736. The molecule has 0 radical (unpaired) electrons. The fourth-order valence-corrected chi connectivity index (χ4v) is 3.04. The standard InChI is InChI=1S/C17H17Cl2N3O/c1-10-6-7-11(8-14(10)19)20-17(23)16-9-15(21-22-16)12-4-2-3-5-13(12)18/h2-8,15-16,21-22H,9H2,1H3,(H,20,23). The van der Waals surface area contributed by atoms with Crippen molar-refractivity contribution < 1.29 is 4.79 Å². The van der Waals surface area contributed by atoms with E-state index in [0.717, 1.165) is 11.1 Å². The van der Waals surface area contributed by atoms with Crippen molar-refractivity contribution in [3.05, 3.63) is 63.6 Å². The van der Waals surface area contributed by atoms with E-state index < -0.39 is 0 Å². The number of amides is 1. The average Bonchev–Trinajstić information content (AvgIpc) is 3.01. The van der Waals surface area contributed by atoms with Gasteiger partial charge in [0.05, 0.1) is 0 Å². The molecule has 0 aromatic heterocycles. The fraction of sp³-hybridized carbons (Fsp3) is 0.235. The van der Waals surface area contributed by atoms with Gasteiger partial charge in [0, 0.05) is 21.8 Å². The summed E-state index contributed by atoms with van der Waals surface area (Å²) >= 11 is 12.3. The van der Waals surface area contributed by atoms with Crippen molar-refractivity contribution in [1.29, 1.82) is 0 Å².